The number of benzene rings is 3. The van der Waals surface area contributed by atoms with Crippen LogP contribution in [0, 0.1) is 13.8 Å². The first-order valence-corrected chi connectivity index (χ1v) is 10.8. The molecule has 7 heteroatoms. The molecule has 3 aromatic rings. The van der Waals surface area contributed by atoms with Gasteiger partial charge in [0, 0.05) is 15.7 Å². The van der Waals surface area contributed by atoms with E-state index in [1.807, 2.05) is 32.0 Å². The number of sulfonamides is 1. The molecule has 3 rings (SSSR count). The highest BCUT2D eigenvalue weighted by Gasteiger charge is 2.15. The normalized spacial score (nSPS) is 11.1. The quantitative estimate of drug-likeness (QED) is 0.556. The van der Waals surface area contributed by atoms with Crippen LogP contribution in [-0.4, -0.2) is 14.3 Å². The van der Waals surface area contributed by atoms with Gasteiger partial charge in [-0.2, -0.15) is 0 Å². The summed E-state index contributed by atoms with van der Waals surface area (Å²) in [6.07, 6.45) is 0. The number of carbonyl (C=O) groups excluding carboxylic acids is 1. The monoisotopic (exact) mass is 458 g/mol. The molecular formula is C21H19BrN2O3S. The number of halogens is 1. The average molecular weight is 459 g/mol. The number of amides is 1. The first-order chi connectivity index (χ1) is 13.2. The highest BCUT2D eigenvalue weighted by Crippen LogP contribution is 2.22. The Morgan fingerprint density at radius 1 is 0.929 bits per heavy atom. The van der Waals surface area contributed by atoms with Gasteiger partial charge in [0.05, 0.1) is 10.6 Å². The highest BCUT2D eigenvalue weighted by atomic mass is 79.9. The molecule has 0 spiro atoms. The number of hydrogen-bond donors (Lipinski definition) is 2. The Balaban J connectivity index is 1.75. The van der Waals surface area contributed by atoms with Gasteiger partial charge < -0.3 is 5.32 Å². The molecule has 0 radical (unpaired) electrons. The van der Waals surface area contributed by atoms with Gasteiger partial charge in [-0.15, -0.1) is 0 Å². The standard InChI is InChI=1S/C21H19BrN2O3S/c1-14-6-11-20(15(2)12-14)24-28(26,27)19-9-7-18(8-10-19)23-21(25)16-4-3-5-17(22)13-16/h3-13,24H,1-2H3,(H,23,25). The summed E-state index contributed by atoms with van der Waals surface area (Å²) in [7, 11) is -3.72. The predicted molar refractivity (Wildman–Crippen MR) is 115 cm³/mol. The third kappa shape index (κ3) is 4.79. The zero-order chi connectivity index (χ0) is 20.3. The molecule has 0 unspecified atom stereocenters. The lowest BCUT2D eigenvalue weighted by molar-refractivity contribution is 0.102. The molecule has 0 atom stereocenters. The number of rotatable bonds is 5. The third-order valence-electron chi connectivity index (χ3n) is 4.14. The van der Waals surface area contributed by atoms with Crippen LogP contribution in [0.1, 0.15) is 21.5 Å². The second-order valence-electron chi connectivity index (χ2n) is 6.41. The Labute approximate surface area is 173 Å². The first kappa shape index (κ1) is 20.1. The van der Waals surface area contributed by atoms with Crippen LogP contribution in [0.15, 0.2) is 76.1 Å². The van der Waals surface area contributed by atoms with E-state index in [1.54, 1.807) is 36.4 Å². The zero-order valence-corrected chi connectivity index (χ0v) is 17.8. The van der Waals surface area contributed by atoms with E-state index >= 15 is 0 Å². The Hall–Kier alpha value is -2.64. The third-order valence-corrected chi connectivity index (χ3v) is 6.01. The average Bonchev–Trinajstić information content (AvgIpc) is 2.64. The van der Waals surface area contributed by atoms with E-state index < -0.39 is 10.0 Å². The number of nitrogens with one attached hydrogen (secondary N) is 2. The largest absolute Gasteiger partial charge is 0.322 e. The van der Waals surface area contributed by atoms with Gasteiger partial charge in [-0.3, -0.25) is 9.52 Å². The van der Waals surface area contributed by atoms with Gasteiger partial charge in [0.1, 0.15) is 0 Å². The predicted octanol–water partition coefficient (Wildman–Crippen LogP) is 5.12. The molecule has 0 saturated carbocycles. The minimum Gasteiger partial charge on any atom is -0.322 e. The van der Waals surface area contributed by atoms with Crippen molar-refractivity contribution in [1.29, 1.82) is 0 Å². The SMILES string of the molecule is Cc1ccc(NS(=O)(=O)c2ccc(NC(=O)c3cccc(Br)c3)cc2)c(C)c1. The fraction of sp³-hybridized carbons (Fsp3) is 0.0952. The van der Waals surface area contributed by atoms with Gasteiger partial charge in [0.2, 0.25) is 0 Å². The van der Waals surface area contributed by atoms with Crippen molar-refractivity contribution in [2.24, 2.45) is 0 Å². The van der Waals surface area contributed by atoms with E-state index in [-0.39, 0.29) is 10.8 Å². The van der Waals surface area contributed by atoms with Crippen molar-refractivity contribution in [3.8, 4) is 0 Å². The number of hydrogen-bond acceptors (Lipinski definition) is 3. The van der Waals surface area contributed by atoms with Crippen molar-refractivity contribution >= 4 is 43.2 Å². The summed E-state index contributed by atoms with van der Waals surface area (Å²) in [5.74, 6) is -0.273. The first-order valence-electron chi connectivity index (χ1n) is 8.52. The van der Waals surface area contributed by atoms with Crippen LogP contribution in [0.4, 0.5) is 11.4 Å². The fourth-order valence-electron chi connectivity index (χ4n) is 2.68. The van der Waals surface area contributed by atoms with Crippen molar-refractivity contribution < 1.29 is 13.2 Å². The Bertz CT molecular complexity index is 1130. The maximum Gasteiger partial charge on any atom is 0.261 e. The van der Waals surface area contributed by atoms with E-state index in [1.165, 1.54) is 12.1 Å². The van der Waals surface area contributed by atoms with E-state index in [2.05, 4.69) is 26.0 Å². The molecule has 5 nitrogen and oxygen atoms in total. The molecule has 2 N–H and O–H groups in total. The van der Waals surface area contributed by atoms with Gasteiger partial charge in [-0.25, -0.2) is 8.42 Å². The van der Waals surface area contributed by atoms with Crippen LogP contribution in [0.3, 0.4) is 0 Å². The van der Waals surface area contributed by atoms with Crippen molar-refractivity contribution in [2.75, 3.05) is 10.0 Å². The Morgan fingerprint density at radius 3 is 2.29 bits per heavy atom. The molecular weight excluding hydrogens is 440 g/mol. The molecule has 1 amide bonds. The van der Waals surface area contributed by atoms with Crippen LogP contribution in [-0.2, 0) is 10.0 Å². The minimum absolute atomic E-state index is 0.118. The lowest BCUT2D eigenvalue weighted by Gasteiger charge is -2.12. The van der Waals surface area contributed by atoms with Crippen LogP contribution in [0.5, 0.6) is 0 Å². The number of carbonyl (C=O) groups is 1. The molecule has 28 heavy (non-hydrogen) atoms. The molecule has 3 aromatic carbocycles. The van der Waals surface area contributed by atoms with Gasteiger partial charge in [-0.1, -0.05) is 39.7 Å². The molecule has 0 aliphatic heterocycles. The van der Waals surface area contributed by atoms with E-state index in [9.17, 15) is 13.2 Å². The number of aryl methyl sites for hydroxylation is 2. The van der Waals surface area contributed by atoms with E-state index in [0.717, 1.165) is 15.6 Å². The molecule has 0 saturated heterocycles. The topological polar surface area (TPSA) is 75.3 Å². The van der Waals surface area contributed by atoms with Crippen LogP contribution in [0.25, 0.3) is 0 Å². The molecule has 144 valence electrons. The second kappa shape index (κ2) is 8.16. The van der Waals surface area contributed by atoms with Crippen LogP contribution in [0.2, 0.25) is 0 Å². The minimum atomic E-state index is -3.72. The summed E-state index contributed by atoms with van der Waals surface area (Å²) in [5, 5.41) is 2.75. The summed E-state index contributed by atoms with van der Waals surface area (Å²) in [4.78, 5) is 12.4. The summed E-state index contributed by atoms with van der Waals surface area (Å²) >= 11 is 3.33. The van der Waals surface area contributed by atoms with Gasteiger partial charge in [0.15, 0.2) is 0 Å². The highest BCUT2D eigenvalue weighted by molar-refractivity contribution is 9.10. The van der Waals surface area contributed by atoms with E-state index in [4.69, 9.17) is 0 Å². The summed E-state index contributed by atoms with van der Waals surface area (Å²) in [6.45, 7) is 3.80. The molecule has 0 bridgehead atoms. The Kier molecular flexibility index (Phi) is 5.86. The zero-order valence-electron chi connectivity index (χ0n) is 15.4. The van der Waals surface area contributed by atoms with Crippen molar-refractivity contribution in [1.82, 2.24) is 0 Å². The van der Waals surface area contributed by atoms with Crippen LogP contribution < -0.4 is 10.0 Å². The lowest BCUT2D eigenvalue weighted by Crippen LogP contribution is -2.14. The van der Waals surface area contributed by atoms with Crippen molar-refractivity contribution in [3.05, 3.63) is 87.9 Å². The summed E-state index contributed by atoms with van der Waals surface area (Å²) in [5.41, 5.74) is 3.46. The summed E-state index contributed by atoms with van der Waals surface area (Å²) < 4.78 is 28.7. The molecule has 0 aromatic heterocycles. The Morgan fingerprint density at radius 2 is 1.64 bits per heavy atom. The van der Waals surface area contributed by atoms with Crippen molar-refractivity contribution in [3.63, 3.8) is 0 Å². The van der Waals surface area contributed by atoms with Crippen LogP contribution >= 0.6 is 15.9 Å². The summed E-state index contributed by atoms with van der Waals surface area (Å²) in [6, 6.07) is 18.6. The molecule has 0 aliphatic carbocycles. The van der Waals surface area contributed by atoms with Gasteiger partial charge >= 0.3 is 0 Å². The molecule has 0 aliphatic rings. The van der Waals surface area contributed by atoms with Gasteiger partial charge in [0.25, 0.3) is 15.9 Å². The van der Waals surface area contributed by atoms with Crippen molar-refractivity contribution in [2.45, 2.75) is 18.7 Å². The maximum absolute atomic E-state index is 12.6. The molecule has 0 fully saturated rings. The smallest absolute Gasteiger partial charge is 0.261 e. The van der Waals surface area contributed by atoms with E-state index in [0.29, 0.717) is 16.9 Å². The fourth-order valence-corrected chi connectivity index (χ4v) is 4.21. The molecule has 0 heterocycles. The lowest BCUT2D eigenvalue weighted by atomic mass is 10.1. The van der Waals surface area contributed by atoms with Gasteiger partial charge in [-0.05, 0) is 67.9 Å². The maximum atomic E-state index is 12.6. The second-order valence-corrected chi connectivity index (χ2v) is 9.01. The number of anilines is 2.